The summed E-state index contributed by atoms with van der Waals surface area (Å²) in [6, 6.07) is 15.0. The van der Waals surface area contributed by atoms with Gasteiger partial charge >= 0.3 is 5.97 Å². The molecule has 2 aromatic carbocycles. The molecule has 0 aliphatic heterocycles. The summed E-state index contributed by atoms with van der Waals surface area (Å²) in [6.07, 6.45) is 2.39. The number of halogens is 1. The highest BCUT2D eigenvalue weighted by molar-refractivity contribution is 6.30. The van der Waals surface area contributed by atoms with Gasteiger partial charge in [0.25, 0.3) is 0 Å². The lowest BCUT2D eigenvalue weighted by Gasteiger charge is -2.20. The molecule has 1 saturated carbocycles. The van der Waals surface area contributed by atoms with Gasteiger partial charge in [-0.15, -0.1) is 0 Å². The van der Waals surface area contributed by atoms with E-state index in [1.54, 1.807) is 18.2 Å². The number of rotatable bonds is 5. The number of anilines is 1. The van der Waals surface area contributed by atoms with E-state index in [4.69, 9.17) is 16.7 Å². The Labute approximate surface area is 128 Å². The van der Waals surface area contributed by atoms with Crippen molar-refractivity contribution in [3.05, 3.63) is 64.7 Å². The van der Waals surface area contributed by atoms with Crippen molar-refractivity contribution >= 4 is 23.3 Å². The smallest absolute Gasteiger partial charge is 0.335 e. The van der Waals surface area contributed by atoms with Gasteiger partial charge in [-0.1, -0.05) is 29.8 Å². The van der Waals surface area contributed by atoms with Crippen LogP contribution in [0.25, 0.3) is 0 Å². The molecule has 0 amide bonds. The molecule has 0 heterocycles. The van der Waals surface area contributed by atoms with Gasteiger partial charge in [-0.2, -0.15) is 0 Å². The number of carbonyl (C=O) groups is 1. The highest BCUT2D eigenvalue weighted by atomic mass is 35.5. The minimum atomic E-state index is -0.909. The molecule has 1 aliphatic carbocycles. The molecule has 1 atom stereocenters. The first-order valence-electron chi connectivity index (χ1n) is 6.99. The first-order valence-corrected chi connectivity index (χ1v) is 7.36. The highest BCUT2D eigenvalue weighted by Crippen LogP contribution is 2.43. The maximum Gasteiger partial charge on any atom is 0.335 e. The van der Waals surface area contributed by atoms with E-state index in [1.807, 2.05) is 30.3 Å². The van der Waals surface area contributed by atoms with E-state index in [2.05, 4.69) is 5.32 Å². The maximum absolute atomic E-state index is 11.1. The van der Waals surface area contributed by atoms with Crippen LogP contribution in [0.1, 0.15) is 34.8 Å². The molecule has 21 heavy (non-hydrogen) atoms. The summed E-state index contributed by atoms with van der Waals surface area (Å²) in [5, 5.41) is 13.3. The second-order valence-corrected chi connectivity index (χ2v) is 5.83. The lowest BCUT2D eigenvalue weighted by Crippen LogP contribution is -2.13. The predicted octanol–water partition coefficient (Wildman–Crippen LogP) is 4.60. The first-order chi connectivity index (χ1) is 10.1. The Morgan fingerprint density at radius 3 is 2.52 bits per heavy atom. The number of nitrogens with one attached hydrogen (secondary N) is 1. The monoisotopic (exact) mass is 301 g/mol. The van der Waals surface area contributed by atoms with Gasteiger partial charge in [-0.25, -0.2) is 4.79 Å². The average molecular weight is 302 g/mol. The first kappa shape index (κ1) is 14.0. The predicted molar refractivity (Wildman–Crippen MR) is 83.9 cm³/mol. The Kier molecular flexibility index (Phi) is 3.84. The molecular weight excluding hydrogens is 286 g/mol. The van der Waals surface area contributed by atoms with Gasteiger partial charge in [0.15, 0.2) is 0 Å². The third-order valence-corrected chi connectivity index (χ3v) is 4.01. The Balaban J connectivity index is 1.84. The summed E-state index contributed by atoms with van der Waals surface area (Å²) < 4.78 is 0. The number of hydrogen-bond acceptors (Lipinski definition) is 2. The van der Waals surface area contributed by atoms with Crippen molar-refractivity contribution in [1.82, 2.24) is 0 Å². The van der Waals surface area contributed by atoms with Crippen molar-refractivity contribution in [3.63, 3.8) is 0 Å². The second-order valence-electron chi connectivity index (χ2n) is 5.40. The zero-order valence-corrected chi connectivity index (χ0v) is 12.2. The van der Waals surface area contributed by atoms with Crippen molar-refractivity contribution in [1.29, 1.82) is 0 Å². The van der Waals surface area contributed by atoms with Gasteiger partial charge in [0.1, 0.15) is 0 Å². The minimum Gasteiger partial charge on any atom is -0.478 e. The third-order valence-electron chi connectivity index (χ3n) is 3.75. The summed E-state index contributed by atoms with van der Waals surface area (Å²) in [4.78, 5) is 11.1. The van der Waals surface area contributed by atoms with Gasteiger partial charge in [-0.05, 0) is 54.7 Å². The summed E-state index contributed by atoms with van der Waals surface area (Å²) in [7, 11) is 0. The van der Waals surface area contributed by atoms with Crippen LogP contribution in [0.2, 0.25) is 5.02 Å². The van der Waals surface area contributed by atoms with Crippen LogP contribution in [0.5, 0.6) is 0 Å². The van der Waals surface area contributed by atoms with E-state index >= 15 is 0 Å². The number of carboxylic acid groups (broad SMARTS) is 1. The molecule has 0 radical (unpaired) electrons. The van der Waals surface area contributed by atoms with Crippen molar-refractivity contribution in [2.75, 3.05) is 5.32 Å². The van der Waals surface area contributed by atoms with Crippen LogP contribution in [-0.2, 0) is 0 Å². The molecule has 1 unspecified atom stereocenters. The van der Waals surface area contributed by atoms with Crippen molar-refractivity contribution in [3.8, 4) is 0 Å². The molecule has 2 aromatic rings. The fourth-order valence-electron chi connectivity index (χ4n) is 2.49. The molecular formula is C17H16ClNO2. The molecule has 1 fully saturated rings. The van der Waals surface area contributed by atoms with Crippen LogP contribution in [0.15, 0.2) is 48.5 Å². The van der Waals surface area contributed by atoms with Crippen LogP contribution in [0.3, 0.4) is 0 Å². The second kappa shape index (κ2) is 5.78. The van der Waals surface area contributed by atoms with E-state index in [-0.39, 0.29) is 6.04 Å². The lowest BCUT2D eigenvalue weighted by atomic mass is 10.0. The van der Waals surface area contributed by atoms with Crippen molar-refractivity contribution in [2.45, 2.75) is 18.9 Å². The summed E-state index contributed by atoms with van der Waals surface area (Å²) in [5.41, 5.74) is 2.31. The third kappa shape index (κ3) is 3.37. The fourth-order valence-corrected chi connectivity index (χ4v) is 2.62. The van der Waals surface area contributed by atoms with Crippen LogP contribution in [-0.4, -0.2) is 11.1 Å². The fraction of sp³-hybridized carbons (Fsp3) is 0.235. The Morgan fingerprint density at radius 1 is 1.19 bits per heavy atom. The average Bonchev–Trinajstić information content (AvgIpc) is 3.31. The van der Waals surface area contributed by atoms with Crippen LogP contribution in [0.4, 0.5) is 5.69 Å². The topological polar surface area (TPSA) is 49.3 Å². The maximum atomic E-state index is 11.1. The molecule has 3 nitrogen and oxygen atoms in total. The molecule has 0 bridgehead atoms. The van der Waals surface area contributed by atoms with E-state index in [0.29, 0.717) is 11.5 Å². The molecule has 0 spiro atoms. The largest absolute Gasteiger partial charge is 0.478 e. The molecule has 3 rings (SSSR count). The van der Waals surface area contributed by atoms with E-state index in [1.165, 1.54) is 18.4 Å². The SMILES string of the molecule is O=C(O)c1cccc(NC(c2ccc(Cl)cc2)C2CC2)c1. The highest BCUT2D eigenvalue weighted by Gasteiger charge is 2.32. The van der Waals surface area contributed by atoms with Crippen molar-refractivity contribution < 1.29 is 9.90 Å². The number of aromatic carboxylic acids is 1. The molecule has 0 aromatic heterocycles. The number of carboxylic acids is 1. The van der Waals surface area contributed by atoms with Gasteiger partial charge in [0, 0.05) is 10.7 Å². The standard InChI is InChI=1S/C17H16ClNO2/c18-14-8-6-12(7-9-14)16(11-4-5-11)19-15-3-1-2-13(10-15)17(20)21/h1-3,6-11,16,19H,4-5H2,(H,20,21). The minimum absolute atomic E-state index is 0.200. The molecule has 0 saturated heterocycles. The van der Waals surface area contributed by atoms with Crippen LogP contribution >= 0.6 is 11.6 Å². The Hall–Kier alpha value is -2.00. The zero-order chi connectivity index (χ0) is 14.8. The van der Waals surface area contributed by atoms with Gasteiger partial charge in [0.2, 0.25) is 0 Å². The Bertz CT molecular complexity index is 650. The van der Waals surface area contributed by atoms with Gasteiger partial charge in [-0.3, -0.25) is 0 Å². The van der Waals surface area contributed by atoms with Gasteiger partial charge in [0.05, 0.1) is 11.6 Å². The number of benzene rings is 2. The zero-order valence-electron chi connectivity index (χ0n) is 11.4. The molecule has 4 heteroatoms. The summed E-state index contributed by atoms with van der Waals surface area (Å²) in [6.45, 7) is 0. The normalized spacial score (nSPS) is 15.5. The molecule has 2 N–H and O–H groups in total. The van der Waals surface area contributed by atoms with Gasteiger partial charge < -0.3 is 10.4 Å². The lowest BCUT2D eigenvalue weighted by molar-refractivity contribution is 0.0697. The molecule has 108 valence electrons. The summed E-state index contributed by atoms with van der Waals surface area (Å²) in [5.74, 6) is -0.312. The van der Waals surface area contributed by atoms with E-state index < -0.39 is 5.97 Å². The molecule has 1 aliphatic rings. The van der Waals surface area contributed by atoms with Crippen molar-refractivity contribution in [2.24, 2.45) is 5.92 Å². The number of hydrogen-bond donors (Lipinski definition) is 2. The van der Waals surface area contributed by atoms with Crippen LogP contribution in [0, 0.1) is 5.92 Å². The van der Waals surface area contributed by atoms with E-state index in [0.717, 1.165) is 10.7 Å². The Morgan fingerprint density at radius 2 is 1.90 bits per heavy atom. The quantitative estimate of drug-likeness (QED) is 0.848. The van der Waals surface area contributed by atoms with E-state index in [9.17, 15) is 4.79 Å². The van der Waals surface area contributed by atoms with Crippen LogP contribution < -0.4 is 5.32 Å². The summed E-state index contributed by atoms with van der Waals surface area (Å²) >= 11 is 5.94.